The van der Waals surface area contributed by atoms with Crippen molar-refractivity contribution in [1.29, 1.82) is 0 Å². The van der Waals surface area contributed by atoms with Crippen molar-refractivity contribution in [3.05, 3.63) is 35.4 Å². The summed E-state index contributed by atoms with van der Waals surface area (Å²) in [4.78, 5) is 0. The Hall–Kier alpha value is -0.470. The number of nitrogens with one attached hydrogen (secondary N) is 1. The monoisotopic (exact) mass is 193 g/mol. The van der Waals surface area contributed by atoms with E-state index in [0.717, 1.165) is 6.54 Å². The summed E-state index contributed by atoms with van der Waals surface area (Å²) in [6.45, 7) is 3.27. The van der Waals surface area contributed by atoms with Crippen molar-refractivity contribution in [2.45, 2.75) is 13.0 Å². The Morgan fingerprint density at radius 3 is 2.69 bits per heavy atom. The molecule has 1 aliphatic rings. The van der Waals surface area contributed by atoms with Crippen LogP contribution in [-0.2, 0) is 0 Å². The molecule has 1 aromatic rings. The minimum atomic E-state index is 0.569. The Morgan fingerprint density at radius 1 is 1.31 bits per heavy atom. The summed E-state index contributed by atoms with van der Waals surface area (Å²) in [6, 6.07) is 9.42. The van der Waals surface area contributed by atoms with E-state index in [4.69, 9.17) is 0 Å². The minimum absolute atomic E-state index is 0.569. The third kappa shape index (κ3) is 2.26. The lowest BCUT2D eigenvalue weighted by Gasteiger charge is -2.23. The van der Waals surface area contributed by atoms with Crippen molar-refractivity contribution in [2.75, 3.05) is 18.1 Å². The van der Waals surface area contributed by atoms with Gasteiger partial charge in [-0.1, -0.05) is 29.8 Å². The lowest BCUT2D eigenvalue weighted by Crippen LogP contribution is -2.30. The molecular weight excluding hydrogens is 178 g/mol. The van der Waals surface area contributed by atoms with Crippen LogP contribution in [0, 0.1) is 6.92 Å². The highest BCUT2D eigenvalue weighted by Crippen LogP contribution is 2.21. The SMILES string of the molecule is Cc1ccc(C2CSCCN2)cc1. The fraction of sp³-hybridized carbons (Fsp3) is 0.455. The molecule has 0 saturated carbocycles. The topological polar surface area (TPSA) is 12.0 Å². The van der Waals surface area contributed by atoms with Crippen molar-refractivity contribution in [3.63, 3.8) is 0 Å². The fourth-order valence-electron chi connectivity index (χ4n) is 1.58. The maximum Gasteiger partial charge on any atom is 0.0412 e. The highest BCUT2D eigenvalue weighted by molar-refractivity contribution is 7.99. The molecule has 2 rings (SSSR count). The molecule has 0 amide bonds. The van der Waals surface area contributed by atoms with Crippen LogP contribution >= 0.6 is 11.8 Å². The maximum absolute atomic E-state index is 3.53. The molecule has 1 aliphatic heterocycles. The van der Waals surface area contributed by atoms with Crippen LogP contribution in [0.15, 0.2) is 24.3 Å². The molecule has 1 saturated heterocycles. The van der Waals surface area contributed by atoms with Crippen molar-refractivity contribution >= 4 is 11.8 Å². The summed E-state index contributed by atoms with van der Waals surface area (Å²) in [5, 5.41) is 3.53. The molecule has 1 atom stereocenters. The van der Waals surface area contributed by atoms with Crippen molar-refractivity contribution < 1.29 is 0 Å². The van der Waals surface area contributed by atoms with Crippen LogP contribution in [0.2, 0.25) is 0 Å². The molecule has 13 heavy (non-hydrogen) atoms. The predicted octanol–water partition coefficient (Wildman–Crippen LogP) is 2.37. The first-order valence-electron chi connectivity index (χ1n) is 4.74. The molecule has 1 fully saturated rings. The van der Waals surface area contributed by atoms with Gasteiger partial charge >= 0.3 is 0 Å². The van der Waals surface area contributed by atoms with Gasteiger partial charge in [0, 0.05) is 24.1 Å². The van der Waals surface area contributed by atoms with Crippen LogP contribution in [-0.4, -0.2) is 18.1 Å². The van der Waals surface area contributed by atoms with Gasteiger partial charge in [0.15, 0.2) is 0 Å². The van der Waals surface area contributed by atoms with Gasteiger partial charge in [-0.2, -0.15) is 11.8 Å². The van der Waals surface area contributed by atoms with E-state index in [-0.39, 0.29) is 0 Å². The van der Waals surface area contributed by atoms with E-state index in [1.807, 2.05) is 11.8 Å². The second-order valence-corrected chi connectivity index (χ2v) is 4.64. The molecule has 0 spiro atoms. The number of thioether (sulfide) groups is 1. The van der Waals surface area contributed by atoms with Gasteiger partial charge in [0.25, 0.3) is 0 Å². The molecule has 0 bridgehead atoms. The fourth-order valence-corrected chi connectivity index (χ4v) is 2.55. The second-order valence-electron chi connectivity index (χ2n) is 3.49. The van der Waals surface area contributed by atoms with Crippen LogP contribution in [0.25, 0.3) is 0 Å². The molecule has 1 aromatic carbocycles. The molecule has 70 valence electrons. The number of hydrogen-bond donors (Lipinski definition) is 1. The largest absolute Gasteiger partial charge is 0.308 e. The predicted molar refractivity (Wildman–Crippen MR) is 59.2 cm³/mol. The minimum Gasteiger partial charge on any atom is -0.308 e. The smallest absolute Gasteiger partial charge is 0.0412 e. The maximum atomic E-state index is 3.53. The van der Waals surface area contributed by atoms with E-state index >= 15 is 0 Å². The van der Waals surface area contributed by atoms with E-state index in [1.54, 1.807) is 0 Å². The highest BCUT2D eigenvalue weighted by Gasteiger charge is 2.13. The van der Waals surface area contributed by atoms with Gasteiger partial charge in [0.05, 0.1) is 0 Å². The van der Waals surface area contributed by atoms with Crippen LogP contribution in [0.4, 0.5) is 0 Å². The van der Waals surface area contributed by atoms with Crippen molar-refractivity contribution in [1.82, 2.24) is 5.32 Å². The second kappa shape index (κ2) is 4.16. The third-order valence-corrected chi connectivity index (χ3v) is 3.46. The average molecular weight is 193 g/mol. The Labute approximate surface area is 83.9 Å². The lowest BCUT2D eigenvalue weighted by molar-refractivity contribution is 0.595. The lowest BCUT2D eigenvalue weighted by atomic mass is 10.1. The zero-order chi connectivity index (χ0) is 9.10. The Morgan fingerprint density at radius 2 is 2.08 bits per heavy atom. The Balaban J connectivity index is 2.10. The standard InChI is InChI=1S/C11H15NS/c1-9-2-4-10(5-3-9)11-8-13-7-6-12-11/h2-5,11-12H,6-8H2,1H3. The van der Waals surface area contributed by atoms with Gasteiger partial charge in [-0.25, -0.2) is 0 Å². The molecule has 1 unspecified atom stereocenters. The number of aryl methyl sites for hydroxylation is 1. The van der Waals surface area contributed by atoms with Crippen LogP contribution in [0.1, 0.15) is 17.2 Å². The molecule has 0 aromatic heterocycles. The summed E-state index contributed by atoms with van der Waals surface area (Å²) < 4.78 is 0. The molecule has 1 nitrogen and oxygen atoms in total. The number of benzene rings is 1. The summed E-state index contributed by atoms with van der Waals surface area (Å²) in [5.41, 5.74) is 2.77. The molecule has 1 N–H and O–H groups in total. The van der Waals surface area contributed by atoms with E-state index in [0.29, 0.717) is 6.04 Å². The van der Waals surface area contributed by atoms with Crippen molar-refractivity contribution in [3.8, 4) is 0 Å². The van der Waals surface area contributed by atoms with Crippen LogP contribution < -0.4 is 5.32 Å². The van der Waals surface area contributed by atoms with Gasteiger partial charge in [0.1, 0.15) is 0 Å². The zero-order valence-corrected chi connectivity index (χ0v) is 8.73. The Bertz CT molecular complexity index is 262. The van der Waals surface area contributed by atoms with Gasteiger partial charge in [-0.15, -0.1) is 0 Å². The normalized spacial score (nSPS) is 23.0. The summed E-state index contributed by atoms with van der Waals surface area (Å²) >= 11 is 2.04. The van der Waals surface area contributed by atoms with E-state index in [9.17, 15) is 0 Å². The van der Waals surface area contributed by atoms with Gasteiger partial charge in [0.2, 0.25) is 0 Å². The summed E-state index contributed by atoms with van der Waals surface area (Å²) in [5.74, 6) is 2.46. The quantitative estimate of drug-likeness (QED) is 0.735. The number of rotatable bonds is 1. The zero-order valence-electron chi connectivity index (χ0n) is 7.92. The van der Waals surface area contributed by atoms with E-state index in [1.165, 1.54) is 22.6 Å². The average Bonchev–Trinajstić information content (AvgIpc) is 2.20. The first-order chi connectivity index (χ1) is 6.36. The summed E-state index contributed by atoms with van der Waals surface area (Å²) in [7, 11) is 0. The van der Waals surface area contributed by atoms with E-state index in [2.05, 4.69) is 36.5 Å². The van der Waals surface area contributed by atoms with Crippen LogP contribution in [0.5, 0.6) is 0 Å². The van der Waals surface area contributed by atoms with Gasteiger partial charge in [-0.05, 0) is 12.5 Å². The Kier molecular flexibility index (Phi) is 2.91. The van der Waals surface area contributed by atoms with Gasteiger partial charge in [-0.3, -0.25) is 0 Å². The van der Waals surface area contributed by atoms with Gasteiger partial charge < -0.3 is 5.32 Å². The molecule has 0 radical (unpaired) electrons. The van der Waals surface area contributed by atoms with E-state index < -0.39 is 0 Å². The molecule has 2 heteroatoms. The molecule has 0 aliphatic carbocycles. The molecule has 1 heterocycles. The first-order valence-corrected chi connectivity index (χ1v) is 5.89. The number of hydrogen-bond acceptors (Lipinski definition) is 2. The summed E-state index contributed by atoms with van der Waals surface area (Å²) in [6.07, 6.45) is 0. The third-order valence-electron chi connectivity index (χ3n) is 2.40. The highest BCUT2D eigenvalue weighted by atomic mass is 32.2. The van der Waals surface area contributed by atoms with Crippen molar-refractivity contribution in [2.24, 2.45) is 0 Å². The first kappa shape index (κ1) is 9.10. The molecular formula is C11H15NS. The van der Waals surface area contributed by atoms with Crippen LogP contribution in [0.3, 0.4) is 0 Å².